The number of carbonyl (C=O) groups excluding carboxylic acids is 1. The third-order valence-corrected chi connectivity index (χ3v) is 3.83. The molecule has 0 spiro atoms. The van der Waals surface area contributed by atoms with Crippen LogP contribution in [-0.4, -0.2) is 18.9 Å². The third kappa shape index (κ3) is 2.87. The van der Waals surface area contributed by atoms with E-state index in [1.807, 2.05) is 12.1 Å². The van der Waals surface area contributed by atoms with E-state index >= 15 is 0 Å². The van der Waals surface area contributed by atoms with Crippen molar-refractivity contribution in [2.24, 2.45) is 5.92 Å². The summed E-state index contributed by atoms with van der Waals surface area (Å²) in [6.07, 6.45) is 3.90. The largest absolute Gasteiger partial charge is 0.372 e. The Morgan fingerprint density at radius 1 is 1.24 bits per heavy atom. The van der Waals surface area contributed by atoms with Crippen molar-refractivity contribution in [2.45, 2.75) is 33.1 Å². The first-order chi connectivity index (χ1) is 8.20. The van der Waals surface area contributed by atoms with Crippen molar-refractivity contribution in [3.8, 4) is 0 Å². The van der Waals surface area contributed by atoms with Gasteiger partial charge in [0, 0.05) is 24.3 Å². The lowest BCUT2D eigenvalue weighted by atomic mass is 9.94. The summed E-state index contributed by atoms with van der Waals surface area (Å²) in [4.78, 5) is 13.6. The topological polar surface area (TPSA) is 20.3 Å². The summed E-state index contributed by atoms with van der Waals surface area (Å²) in [5.41, 5.74) is 2.06. The number of benzene rings is 1. The van der Waals surface area contributed by atoms with Gasteiger partial charge in [-0.3, -0.25) is 4.79 Å². The van der Waals surface area contributed by atoms with Gasteiger partial charge in [0.2, 0.25) is 0 Å². The Morgan fingerprint density at radius 2 is 1.82 bits per heavy atom. The summed E-state index contributed by atoms with van der Waals surface area (Å²) >= 11 is 0. The van der Waals surface area contributed by atoms with Gasteiger partial charge >= 0.3 is 0 Å². The van der Waals surface area contributed by atoms with Crippen LogP contribution in [0.25, 0.3) is 0 Å². The second-order valence-corrected chi connectivity index (χ2v) is 4.94. The normalized spacial score (nSPS) is 17.2. The van der Waals surface area contributed by atoms with Gasteiger partial charge in [-0.1, -0.05) is 13.3 Å². The Labute approximate surface area is 104 Å². The first-order valence-corrected chi connectivity index (χ1v) is 6.56. The van der Waals surface area contributed by atoms with E-state index in [-0.39, 0.29) is 5.78 Å². The fourth-order valence-electron chi connectivity index (χ4n) is 2.51. The number of Topliss-reactive ketones (excluding diaryl/α,β-unsaturated/α-hetero) is 1. The SMILES string of the molecule is CCC1CCN(c2ccc(C(C)=O)cc2)CC1. The molecule has 2 rings (SSSR count). The third-order valence-electron chi connectivity index (χ3n) is 3.83. The number of piperidine rings is 1. The highest BCUT2D eigenvalue weighted by Gasteiger charge is 2.17. The number of anilines is 1. The van der Waals surface area contributed by atoms with E-state index in [9.17, 15) is 4.79 Å². The molecule has 0 atom stereocenters. The van der Waals surface area contributed by atoms with Gasteiger partial charge in [-0.25, -0.2) is 0 Å². The Morgan fingerprint density at radius 3 is 2.29 bits per heavy atom. The van der Waals surface area contributed by atoms with E-state index in [4.69, 9.17) is 0 Å². The molecule has 0 aliphatic carbocycles. The predicted octanol–water partition coefficient (Wildman–Crippen LogP) is 3.52. The van der Waals surface area contributed by atoms with Gasteiger partial charge in [0.1, 0.15) is 0 Å². The van der Waals surface area contributed by atoms with Crippen LogP contribution in [0.3, 0.4) is 0 Å². The Bertz CT molecular complexity index is 374. The van der Waals surface area contributed by atoms with Crippen molar-refractivity contribution >= 4 is 11.5 Å². The maximum atomic E-state index is 11.2. The molecule has 1 aliphatic heterocycles. The zero-order chi connectivity index (χ0) is 12.3. The number of hydrogen-bond donors (Lipinski definition) is 0. The van der Waals surface area contributed by atoms with Gasteiger partial charge in [0.15, 0.2) is 5.78 Å². The molecule has 0 amide bonds. The van der Waals surface area contributed by atoms with Crippen LogP contribution < -0.4 is 4.90 Å². The first kappa shape index (κ1) is 12.2. The van der Waals surface area contributed by atoms with Crippen molar-refractivity contribution in [1.82, 2.24) is 0 Å². The molecule has 1 saturated heterocycles. The molecule has 0 N–H and O–H groups in total. The van der Waals surface area contributed by atoms with Crippen molar-refractivity contribution < 1.29 is 4.79 Å². The number of carbonyl (C=O) groups is 1. The van der Waals surface area contributed by atoms with E-state index in [0.29, 0.717) is 0 Å². The standard InChI is InChI=1S/C15H21NO/c1-3-13-8-10-16(11-9-13)15-6-4-14(5-7-15)12(2)17/h4-7,13H,3,8-11H2,1-2H3. The number of rotatable bonds is 3. The molecule has 1 fully saturated rings. The van der Waals surface area contributed by atoms with Crippen LogP contribution in [0, 0.1) is 5.92 Å². The summed E-state index contributed by atoms with van der Waals surface area (Å²) in [5, 5.41) is 0. The van der Waals surface area contributed by atoms with Gasteiger partial charge in [-0.2, -0.15) is 0 Å². The van der Waals surface area contributed by atoms with E-state index in [1.165, 1.54) is 24.9 Å². The summed E-state index contributed by atoms with van der Waals surface area (Å²) in [7, 11) is 0. The van der Waals surface area contributed by atoms with Crippen LogP contribution >= 0.6 is 0 Å². The van der Waals surface area contributed by atoms with Gasteiger partial charge in [0.05, 0.1) is 0 Å². The maximum absolute atomic E-state index is 11.2. The van der Waals surface area contributed by atoms with Gasteiger partial charge in [0.25, 0.3) is 0 Å². The molecule has 17 heavy (non-hydrogen) atoms. The highest BCUT2D eigenvalue weighted by molar-refractivity contribution is 5.94. The van der Waals surface area contributed by atoms with E-state index < -0.39 is 0 Å². The predicted molar refractivity (Wildman–Crippen MR) is 71.7 cm³/mol. The van der Waals surface area contributed by atoms with Crippen molar-refractivity contribution in [3.63, 3.8) is 0 Å². The number of ketones is 1. The zero-order valence-corrected chi connectivity index (χ0v) is 10.8. The molecule has 0 saturated carbocycles. The minimum atomic E-state index is 0.140. The van der Waals surface area contributed by atoms with Gasteiger partial charge < -0.3 is 4.90 Å². The summed E-state index contributed by atoms with van der Waals surface area (Å²) in [6.45, 7) is 6.19. The second-order valence-electron chi connectivity index (χ2n) is 4.94. The summed E-state index contributed by atoms with van der Waals surface area (Å²) < 4.78 is 0. The summed E-state index contributed by atoms with van der Waals surface area (Å²) in [5.74, 6) is 1.05. The van der Waals surface area contributed by atoms with E-state index in [1.54, 1.807) is 6.92 Å². The fraction of sp³-hybridized carbons (Fsp3) is 0.533. The lowest BCUT2D eigenvalue weighted by Crippen LogP contribution is -2.33. The van der Waals surface area contributed by atoms with Crippen molar-refractivity contribution in [3.05, 3.63) is 29.8 Å². The maximum Gasteiger partial charge on any atom is 0.159 e. The monoisotopic (exact) mass is 231 g/mol. The molecule has 1 aliphatic rings. The van der Waals surface area contributed by atoms with Crippen molar-refractivity contribution in [2.75, 3.05) is 18.0 Å². The van der Waals surface area contributed by atoms with Crippen LogP contribution in [-0.2, 0) is 0 Å². The van der Waals surface area contributed by atoms with Crippen LogP contribution in [0.5, 0.6) is 0 Å². The fourth-order valence-corrected chi connectivity index (χ4v) is 2.51. The Kier molecular flexibility index (Phi) is 3.82. The van der Waals surface area contributed by atoms with E-state index in [0.717, 1.165) is 24.6 Å². The molecule has 0 bridgehead atoms. The summed E-state index contributed by atoms with van der Waals surface area (Å²) in [6, 6.07) is 8.01. The molecule has 1 aromatic rings. The molecule has 2 heteroatoms. The second kappa shape index (κ2) is 5.35. The highest BCUT2D eigenvalue weighted by Crippen LogP contribution is 2.25. The van der Waals surface area contributed by atoms with Crippen LogP contribution in [0.15, 0.2) is 24.3 Å². The number of nitrogens with zero attached hydrogens (tertiary/aromatic N) is 1. The average molecular weight is 231 g/mol. The van der Waals surface area contributed by atoms with E-state index in [2.05, 4.69) is 24.0 Å². The molecular weight excluding hydrogens is 210 g/mol. The van der Waals surface area contributed by atoms with Crippen LogP contribution in [0.1, 0.15) is 43.5 Å². The molecule has 2 nitrogen and oxygen atoms in total. The lowest BCUT2D eigenvalue weighted by molar-refractivity contribution is 0.101. The first-order valence-electron chi connectivity index (χ1n) is 6.56. The van der Waals surface area contributed by atoms with Gasteiger partial charge in [-0.15, -0.1) is 0 Å². The molecular formula is C15H21NO. The number of hydrogen-bond acceptors (Lipinski definition) is 2. The minimum Gasteiger partial charge on any atom is -0.372 e. The molecule has 0 aromatic heterocycles. The minimum absolute atomic E-state index is 0.140. The molecule has 0 radical (unpaired) electrons. The lowest BCUT2D eigenvalue weighted by Gasteiger charge is -2.33. The molecule has 0 unspecified atom stereocenters. The van der Waals surface area contributed by atoms with Crippen LogP contribution in [0.2, 0.25) is 0 Å². The Hall–Kier alpha value is -1.31. The zero-order valence-electron chi connectivity index (χ0n) is 10.8. The van der Waals surface area contributed by atoms with Gasteiger partial charge in [-0.05, 0) is 49.9 Å². The molecule has 92 valence electrons. The quantitative estimate of drug-likeness (QED) is 0.742. The molecule has 1 heterocycles. The highest BCUT2D eigenvalue weighted by atomic mass is 16.1. The average Bonchev–Trinajstić information content (AvgIpc) is 2.39. The Balaban J connectivity index is 2.01. The van der Waals surface area contributed by atoms with Crippen molar-refractivity contribution in [1.29, 1.82) is 0 Å². The smallest absolute Gasteiger partial charge is 0.159 e. The van der Waals surface area contributed by atoms with Crippen LogP contribution in [0.4, 0.5) is 5.69 Å². The molecule has 1 aromatic carbocycles.